The summed E-state index contributed by atoms with van der Waals surface area (Å²) in [4.78, 5) is 10.3. The van der Waals surface area contributed by atoms with Crippen LogP contribution < -0.4 is 5.43 Å². The highest BCUT2D eigenvalue weighted by Crippen LogP contribution is 2.05. The molecule has 0 amide bonds. The van der Waals surface area contributed by atoms with E-state index in [0.717, 1.165) is 11.4 Å². The number of carboxylic acid groups (broad SMARTS) is 1. The summed E-state index contributed by atoms with van der Waals surface area (Å²) in [5.74, 6) is -0.802. The molecule has 0 aliphatic heterocycles. The highest BCUT2D eigenvalue weighted by atomic mass is 16.4. The molecule has 0 spiro atoms. The minimum Gasteiger partial charge on any atom is -0.481 e. The fourth-order valence-corrected chi connectivity index (χ4v) is 1.02. The van der Waals surface area contributed by atoms with E-state index in [1.165, 1.54) is 0 Å². The van der Waals surface area contributed by atoms with Gasteiger partial charge in [0.05, 0.1) is 12.1 Å². The van der Waals surface area contributed by atoms with Crippen molar-refractivity contribution in [2.75, 3.05) is 5.43 Å². The molecule has 0 heterocycles. The predicted molar refractivity (Wildman–Crippen MR) is 60.0 cm³/mol. The zero-order valence-electron chi connectivity index (χ0n) is 8.60. The predicted octanol–water partition coefficient (Wildman–Crippen LogP) is 2.34. The van der Waals surface area contributed by atoms with Gasteiger partial charge in [0, 0.05) is 5.71 Å². The normalized spacial score (nSPS) is 11.1. The van der Waals surface area contributed by atoms with E-state index >= 15 is 0 Å². The molecular formula is C11H14N2O2. The van der Waals surface area contributed by atoms with Crippen molar-refractivity contribution in [3.63, 3.8) is 0 Å². The number of rotatable bonds is 5. The summed E-state index contributed by atoms with van der Waals surface area (Å²) in [5.41, 5.74) is 4.54. The maximum Gasteiger partial charge on any atom is 0.303 e. The topological polar surface area (TPSA) is 61.7 Å². The zero-order valence-corrected chi connectivity index (χ0v) is 8.60. The number of carbonyl (C=O) groups is 1. The molecular weight excluding hydrogens is 192 g/mol. The number of hydrogen-bond acceptors (Lipinski definition) is 3. The number of nitrogens with one attached hydrogen (secondary N) is 1. The summed E-state index contributed by atoms with van der Waals surface area (Å²) in [6.45, 7) is 1.80. The van der Waals surface area contributed by atoms with Crippen molar-refractivity contribution in [3.8, 4) is 0 Å². The van der Waals surface area contributed by atoms with Crippen LogP contribution >= 0.6 is 0 Å². The highest BCUT2D eigenvalue weighted by Gasteiger charge is 1.98. The van der Waals surface area contributed by atoms with Crippen LogP contribution in [0.1, 0.15) is 19.8 Å². The van der Waals surface area contributed by atoms with E-state index in [1.54, 1.807) is 6.92 Å². The van der Waals surface area contributed by atoms with Gasteiger partial charge < -0.3 is 5.11 Å². The van der Waals surface area contributed by atoms with Crippen molar-refractivity contribution in [1.29, 1.82) is 0 Å². The molecule has 15 heavy (non-hydrogen) atoms. The Balaban J connectivity index is 2.40. The fourth-order valence-electron chi connectivity index (χ4n) is 1.02. The van der Waals surface area contributed by atoms with Gasteiger partial charge in [-0.2, -0.15) is 5.10 Å². The molecule has 4 heteroatoms. The van der Waals surface area contributed by atoms with Crippen LogP contribution in [0.4, 0.5) is 5.69 Å². The van der Waals surface area contributed by atoms with Crippen LogP contribution in [0, 0.1) is 0 Å². The first kappa shape index (κ1) is 11.2. The number of aliphatic carboxylic acids is 1. The number of nitrogens with zero attached hydrogens (tertiary/aromatic N) is 1. The third kappa shape index (κ3) is 4.81. The minimum absolute atomic E-state index is 0.117. The number of anilines is 1. The second-order valence-electron chi connectivity index (χ2n) is 3.22. The number of hydrazone groups is 1. The lowest BCUT2D eigenvalue weighted by Gasteiger charge is -2.01. The van der Waals surface area contributed by atoms with Gasteiger partial charge in [-0.3, -0.25) is 10.2 Å². The Morgan fingerprint density at radius 3 is 2.60 bits per heavy atom. The van der Waals surface area contributed by atoms with Gasteiger partial charge in [-0.1, -0.05) is 18.2 Å². The molecule has 2 N–H and O–H groups in total. The zero-order chi connectivity index (χ0) is 11.1. The van der Waals surface area contributed by atoms with Crippen LogP contribution in [-0.2, 0) is 4.79 Å². The highest BCUT2D eigenvalue weighted by molar-refractivity contribution is 5.85. The molecule has 0 saturated carbocycles. The third-order valence-corrected chi connectivity index (χ3v) is 1.85. The standard InChI is InChI=1S/C11H14N2O2/c1-9(7-8-11(14)15)12-13-10-5-3-2-4-6-10/h2-6,13H,7-8H2,1H3,(H,14,15)/b12-9-. The minimum atomic E-state index is -0.802. The summed E-state index contributed by atoms with van der Waals surface area (Å²) >= 11 is 0. The average Bonchev–Trinajstić information content (AvgIpc) is 2.25. The molecule has 1 rings (SSSR count). The number of hydrogen-bond donors (Lipinski definition) is 2. The molecule has 0 radical (unpaired) electrons. The van der Waals surface area contributed by atoms with E-state index in [4.69, 9.17) is 5.11 Å². The summed E-state index contributed by atoms with van der Waals surface area (Å²) in [6.07, 6.45) is 0.584. The summed E-state index contributed by atoms with van der Waals surface area (Å²) in [5, 5.41) is 12.5. The molecule has 0 saturated heterocycles. The number of benzene rings is 1. The monoisotopic (exact) mass is 206 g/mol. The van der Waals surface area contributed by atoms with Crippen molar-refractivity contribution in [1.82, 2.24) is 0 Å². The first-order valence-electron chi connectivity index (χ1n) is 4.74. The summed E-state index contributed by atoms with van der Waals surface area (Å²) in [7, 11) is 0. The van der Waals surface area contributed by atoms with Crippen molar-refractivity contribution in [2.45, 2.75) is 19.8 Å². The Hall–Kier alpha value is -1.84. The van der Waals surface area contributed by atoms with Crippen LogP contribution in [0.5, 0.6) is 0 Å². The van der Waals surface area contributed by atoms with Gasteiger partial charge in [0.2, 0.25) is 0 Å². The Labute approximate surface area is 88.6 Å². The van der Waals surface area contributed by atoms with Gasteiger partial charge in [-0.25, -0.2) is 0 Å². The van der Waals surface area contributed by atoms with E-state index in [2.05, 4.69) is 10.5 Å². The van der Waals surface area contributed by atoms with E-state index in [0.29, 0.717) is 6.42 Å². The van der Waals surface area contributed by atoms with Gasteiger partial charge in [0.15, 0.2) is 0 Å². The van der Waals surface area contributed by atoms with Crippen molar-refractivity contribution < 1.29 is 9.90 Å². The van der Waals surface area contributed by atoms with Gasteiger partial charge in [0.1, 0.15) is 0 Å². The molecule has 4 nitrogen and oxygen atoms in total. The van der Waals surface area contributed by atoms with Crippen molar-refractivity contribution >= 4 is 17.4 Å². The Kier molecular flexibility index (Phi) is 4.34. The molecule has 80 valence electrons. The lowest BCUT2D eigenvalue weighted by atomic mass is 10.2. The molecule has 0 aromatic heterocycles. The van der Waals surface area contributed by atoms with Crippen LogP contribution in [-0.4, -0.2) is 16.8 Å². The molecule has 1 aromatic rings. The van der Waals surface area contributed by atoms with E-state index in [-0.39, 0.29) is 6.42 Å². The molecule has 0 unspecified atom stereocenters. The number of para-hydroxylation sites is 1. The van der Waals surface area contributed by atoms with Crippen molar-refractivity contribution in [3.05, 3.63) is 30.3 Å². The Bertz CT molecular complexity index is 347. The SMILES string of the molecule is C/C(CCC(=O)O)=N/Nc1ccccc1. The van der Waals surface area contributed by atoms with E-state index in [9.17, 15) is 4.79 Å². The van der Waals surface area contributed by atoms with Crippen LogP contribution in [0.2, 0.25) is 0 Å². The van der Waals surface area contributed by atoms with Crippen LogP contribution in [0.25, 0.3) is 0 Å². The fraction of sp³-hybridized carbons (Fsp3) is 0.273. The molecule has 0 aliphatic rings. The van der Waals surface area contributed by atoms with E-state index in [1.807, 2.05) is 30.3 Å². The second kappa shape index (κ2) is 5.80. The Morgan fingerprint density at radius 2 is 2.00 bits per heavy atom. The van der Waals surface area contributed by atoms with Crippen molar-refractivity contribution in [2.24, 2.45) is 5.10 Å². The van der Waals surface area contributed by atoms with Gasteiger partial charge in [0.25, 0.3) is 0 Å². The van der Waals surface area contributed by atoms with Gasteiger partial charge in [-0.15, -0.1) is 0 Å². The van der Waals surface area contributed by atoms with Gasteiger partial charge >= 0.3 is 5.97 Å². The molecule has 0 aliphatic carbocycles. The van der Waals surface area contributed by atoms with Gasteiger partial charge in [-0.05, 0) is 25.5 Å². The maximum absolute atomic E-state index is 10.3. The maximum atomic E-state index is 10.3. The smallest absolute Gasteiger partial charge is 0.303 e. The molecule has 0 atom stereocenters. The summed E-state index contributed by atoms with van der Waals surface area (Å²) < 4.78 is 0. The third-order valence-electron chi connectivity index (χ3n) is 1.85. The molecule has 1 aromatic carbocycles. The van der Waals surface area contributed by atoms with E-state index < -0.39 is 5.97 Å². The first-order valence-corrected chi connectivity index (χ1v) is 4.74. The van der Waals surface area contributed by atoms with Crippen LogP contribution in [0.15, 0.2) is 35.4 Å². The Morgan fingerprint density at radius 1 is 1.33 bits per heavy atom. The molecule has 0 fully saturated rings. The summed E-state index contributed by atoms with van der Waals surface area (Å²) in [6, 6.07) is 9.53. The number of carboxylic acids is 1. The second-order valence-corrected chi connectivity index (χ2v) is 3.22. The average molecular weight is 206 g/mol. The largest absolute Gasteiger partial charge is 0.481 e. The quantitative estimate of drug-likeness (QED) is 0.574. The lowest BCUT2D eigenvalue weighted by molar-refractivity contribution is -0.136. The van der Waals surface area contributed by atoms with Crippen LogP contribution in [0.3, 0.4) is 0 Å². The lowest BCUT2D eigenvalue weighted by Crippen LogP contribution is -2.02. The first-order chi connectivity index (χ1) is 7.18. The molecule has 0 bridgehead atoms.